The Bertz CT molecular complexity index is 4270. The second-order valence-corrected chi connectivity index (χ2v) is 19.6. The van der Waals surface area contributed by atoms with Gasteiger partial charge >= 0.3 is 0 Å². The van der Waals surface area contributed by atoms with E-state index in [9.17, 15) is 0 Å². The molecule has 336 valence electrons. The van der Waals surface area contributed by atoms with Gasteiger partial charge in [0.2, 0.25) is 0 Å². The van der Waals surface area contributed by atoms with Crippen LogP contribution in [-0.4, -0.2) is 0 Å². The Kier molecular flexibility index (Phi) is 9.76. The summed E-state index contributed by atoms with van der Waals surface area (Å²) in [7, 11) is 0. The molecular weight excluding hydrogens is 865 g/mol. The first kappa shape index (κ1) is 41.8. The van der Waals surface area contributed by atoms with Gasteiger partial charge in [-0.1, -0.05) is 254 Å². The fourth-order valence-electron chi connectivity index (χ4n) is 12.2. The lowest BCUT2D eigenvalue weighted by Gasteiger charge is -2.23. The zero-order valence-corrected chi connectivity index (χ0v) is 40.2. The van der Waals surface area contributed by atoms with Gasteiger partial charge in [0.05, 0.1) is 0 Å². The van der Waals surface area contributed by atoms with Gasteiger partial charge in [0.25, 0.3) is 0 Å². The predicted molar refractivity (Wildman–Crippen MR) is 310 cm³/mol. The smallest absolute Gasteiger partial charge is 0.00139 e. The van der Waals surface area contributed by atoms with E-state index in [0.29, 0.717) is 0 Å². The van der Waals surface area contributed by atoms with Crippen LogP contribution >= 0.6 is 0 Å². The van der Waals surface area contributed by atoms with Crippen LogP contribution in [0, 0.1) is 13.8 Å². The fourth-order valence-corrected chi connectivity index (χ4v) is 12.2. The molecule has 0 heterocycles. The molecular formula is C72H48. The molecule has 0 aliphatic carbocycles. The zero-order valence-electron chi connectivity index (χ0n) is 40.2. The summed E-state index contributed by atoms with van der Waals surface area (Å²) in [6.45, 7) is 4.45. The topological polar surface area (TPSA) is 0 Å². The number of benzene rings is 14. The maximum Gasteiger partial charge on any atom is -0.00139 e. The van der Waals surface area contributed by atoms with E-state index >= 15 is 0 Å². The summed E-state index contributed by atoms with van der Waals surface area (Å²) in [5.41, 5.74) is 19.8. The van der Waals surface area contributed by atoms with Crippen molar-refractivity contribution >= 4 is 64.6 Å². The van der Waals surface area contributed by atoms with Crippen molar-refractivity contribution in [2.24, 2.45) is 0 Å². The van der Waals surface area contributed by atoms with Gasteiger partial charge in [0.15, 0.2) is 0 Å². The molecule has 0 spiro atoms. The largest absolute Gasteiger partial charge is 0.0622 e. The van der Waals surface area contributed by atoms with Crippen LogP contribution in [0.1, 0.15) is 11.1 Å². The molecule has 0 radical (unpaired) electrons. The van der Waals surface area contributed by atoms with Gasteiger partial charge in [-0.25, -0.2) is 0 Å². The first-order valence-corrected chi connectivity index (χ1v) is 25.2. The maximum atomic E-state index is 2.51. The number of aryl methyl sites for hydroxylation is 2. The highest BCUT2D eigenvalue weighted by Crippen LogP contribution is 2.52. The van der Waals surface area contributed by atoms with E-state index in [1.165, 1.54) is 154 Å². The van der Waals surface area contributed by atoms with E-state index in [-0.39, 0.29) is 0 Å². The Labute approximate surface area is 420 Å². The van der Waals surface area contributed by atoms with Crippen molar-refractivity contribution in [2.75, 3.05) is 0 Å². The van der Waals surface area contributed by atoms with Crippen molar-refractivity contribution < 1.29 is 0 Å². The van der Waals surface area contributed by atoms with E-state index in [2.05, 4.69) is 269 Å². The molecule has 0 nitrogen and oxygen atoms in total. The van der Waals surface area contributed by atoms with Gasteiger partial charge in [0.1, 0.15) is 0 Å². The number of fused-ring (bicyclic) bond motifs is 3. The van der Waals surface area contributed by atoms with Crippen LogP contribution in [0.3, 0.4) is 0 Å². The van der Waals surface area contributed by atoms with Gasteiger partial charge in [-0.05, 0) is 169 Å². The average Bonchev–Trinajstić information content (AvgIpc) is 3.44. The Morgan fingerprint density at radius 1 is 0.167 bits per heavy atom. The summed E-state index contributed by atoms with van der Waals surface area (Å²) in [6.07, 6.45) is 0. The van der Waals surface area contributed by atoms with Crippen LogP contribution in [0.2, 0.25) is 0 Å². The van der Waals surface area contributed by atoms with E-state index in [0.717, 1.165) is 0 Å². The molecule has 14 aromatic carbocycles. The minimum Gasteiger partial charge on any atom is -0.0622 e. The highest BCUT2D eigenvalue weighted by molar-refractivity contribution is 6.33. The number of hydrogen-bond acceptors (Lipinski definition) is 0. The molecule has 0 aromatic heterocycles. The monoisotopic (exact) mass is 912 g/mol. The summed E-state index contributed by atoms with van der Waals surface area (Å²) < 4.78 is 0. The predicted octanol–water partition coefficient (Wildman–Crippen LogP) is 20.3. The zero-order chi connectivity index (χ0) is 47.9. The van der Waals surface area contributed by atoms with Crippen molar-refractivity contribution in [3.05, 3.63) is 266 Å². The minimum atomic E-state index is 1.22. The van der Waals surface area contributed by atoms with Crippen molar-refractivity contribution in [2.45, 2.75) is 13.8 Å². The highest BCUT2D eigenvalue weighted by atomic mass is 14.3. The molecule has 0 amide bonds. The second-order valence-electron chi connectivity index (χ2n) is 19.6. The second kappa shape index (κ2) is 16.8. The number of hydrogen-bond donors (Lipinski definition) is 0. The lowest BCUT2D eigenvalue weighted by atomic mass is 9.80. The molecule has 14 aromatic rings. The summed E-state index contributed by atoms with van der Waals surface area (Å²) in [4.78, 5) is 0. The Morgan fingerprint density at radius 3 is 0.764 bits per heavy atom. The van der Waals surface area contributed by atoms with Crippen LogP contribution < -0.4 is 0 Å². The summed E-state index contributed by atoms with van der Waals surface area (Å²) in [5.74, 6) is 0. The standard InChI is InChI=1S/C72H48/c1-45-40-46(2)42-50(41-45)67-43-68(60-33-30-51(47-18-6-3-7-19-47)54-24-12-15-27-57(54)60)64-38-39-66-70(62-35-32-53(49-22-10-5-11-23-49)56-26-14-17-29-59(56)62)44-69(65-37-36-63(67)71(64)72(65)66)61-34-31-52(48-20-8-4-9-21-48)55-25-13-16-28-58(55)61/h3-44H,1-2H3. The lowest BCUT2D eigenvalue weighted by molar-refractivity contribution is 1.39. The van der Waals surface area contributed by atoms with Crippen LogP contribution in [0.4, 0.5) is 0 Å². The molecule has 0 N–H and O–H groups in total. The molecule has 0 heteroatoms. The third kappa shape index (κ3) is 6.68. The van der Waals surface area contributed by atoms with Crippen molar-refractivity contribution in [3.8, 4) is 77.9 Å². The van der Waals surface area contributed by atoms with Gasteiger partial charge in [-0.3, -0.25) is 0 Å². The third-order valence-electron chi connectivity index (χ3n) is 15.3. The van der Waals surface area contributed by atoms with Crippen LogP contribution in [0.15, 0.2) is 255 Å². The molecule has 0 saturated heterocycles. The Morgan fingerprint density at radius 2 is 0.431 bits per heavy atom. The summed E-state index contributed by atoms with van der Waals surface area (Å²) in [6, 6.07) is 95.3. The third-order valence-corrected chi connectivity index (χ3v) is 15.3. The van der Waals surface area contributed by atoms with Gasteiger partial charge < -0.3 is 0 Å². The fraction of sp³-hybridized carbons (Fsp3) is 0.0278. The van der Waals surface area contributed by atoms with Crippen molar-refractivity contribution in [1.82, 2.24) is 0 Å². The molecule has 0 atom stereocenters. The molecule has 0 bridgehead atoms. The molecule has 14 rings (SSSR count). The van der Waals surface area contributed by atoms with Gasteiger partial charge in [-0.15, -0.1) is 0 Å². The SMILES string of the molecule is Cc1cc(C)cc(-c2cc(-c3ccc(-c4ccccc4)c4ccccc34)c3ccc4c(-c5ccc(-c6ccccc6)c6ccccc56)cc(-c5ccc(-c6ccccc6)c6ccccc56)c5ccc2c3c54)c1. The first-order valence-electron chi connectivity index (χ1n) is 25.2. The van der Waals surface area contributed by atoms with Gasteiger partial charge in [0, 0.05) is 0 Å². The van der Waals surface area contributed by atoms with Crippen molar-refractivity contribution in [3.63, 3.8) is 0 Å². The molecule has 0 aliphatic heterocycles. The van der Waals surface area contributed by atoms with Crippen LogP contribution in [0.25, 0.3) is 143 Å². The molecule has 0 saturated carbocycles. The van der Waals surface area contributed by atoms with Gasteiger partial charge in [-0.2, -0.15) is 0 Å². The molecule has 0 fully saturated rings. The van der Waals surface area contributed by atoms with Crippen molar-refractivity contribution in [1.29, 1.82) is 0 Å². The quantitative estimate of drug-likeness (QED) is 0.140. The van der Waals surface area contributed by atoms with Crippen LogP contribution in [0.5, 0.6) is 0 Å². The average molecular weight is 913 g/mol. The normalized spacial score (nSPS) is 11.8. The summed E-state index contributed by atoms with van der Waals surface area (Å²) in [5, 5.41) is 15.1. The molecule has 72 heavy (non-hydrogen) atoms. The number of rotatable bonds is 7. The van der Waals surface area contributed by atoms with E-state index in [1.54, 1.807) is 0 Å². The van der Waals surface area contributed by atoms with E-state index < -0.39 is 0 Å². The molecule has 0 aliphatic rings. The highest BCUT2D eigenvalue weighted by Gasteiger charge is 2.24. The van der Waals surface area contributed by atoms with E-state index in [4.69, 9.17) is 0 Å². The molecule has 0 unspecified atom stereocenters. The van der Waals surface area contributed by atoms with Crippen LogP contribution in [-0.2, 0) is 0 Å². The minimum absolute atomic E-state index is 1.22. The van der Waals surface area contributed by atoms with E-state index in [1.807, 2.05) is 0 Å². The Hall–Kier alpha value is -9.10. The lowest BCUT2D eigenvalue weighted by Crippen LogP contribution is -1.96. The first-order chi connectivity index (χ1) is 35.6. The summed E-state index contributed by atoms with van der Waals surface area (Å²) >= 11 is 0. The Balaban J connectivity index is 1.14. The maximum absolute atomic E-state index is 2.51.